The first-order chi connectivity index (χ1) is 17.7. The maximum atomic E-state index is 13.6. The number of pyridine rings is 2. The SMILES string of the molecule is CCCC(NC(=O)c1ccc(OC)nc1)C1CCC(c2ccnc3c(OC)cc(C(F)(F)F)cc23)CC1. The average molecular weight is 516 g/mol. The lowest BCUT2D eigenvalue weighted by Gasteiger charge is -2.35. The summed E-state index contributed by atoms with van der Waals surface area (Å²) in [4.78, 5) is 21.3. The van der Waals surface area contributed by atoms with Crippen LogP contribution in [-0.2, 0) is 6.18 Å². The van der Waals surface area contributed by atoms with Crippen LogP contribution in [0.15, 0.2) is 42.7 Å². The lowest BCUT2D eigenvalue weighted by Crippen LogP contribution is -2.41. The van der Waals surface area contributed by atoms with Crippen LogP contribution in [0.3, 0.4) is 0 Å². The fourth-order valence-electron chi connectivity index (χ4n) is 5.37. The molecule has 2 aromatic heterocycles. The summed E-state index contributed by atoms with van der Waals surface area (Å²) in [7, 11) is 2.88. The van der Waals surface area contributed by atoms with E-state index in [1.54, 1.807) is 18.3 Å². The first-order valence-corrected chi connectivity index (χ1v) is 12.6. The molecule has 6 nitrogen and oxygen atoms in total. The predicted molar refractivity (Wildman–Crippen MR) is 135 cm³/mol. The van der Waals surface area contributed by atoms with Gasteiger partial charge in [0, 0.05) is 29.9 Å². The molecule has 0 bridgehead atoms. The molecule has 1 atom stereocenters. The lowest BCUT2D eigenvalue weighted by molar-refractivity contribution is -0.137. The van der Waals surface area contributed by atoms with Gasteiger partial charge >= 0.3 is 6.18 Å². The molecule has 1 aromatic carbocycles. The zero-order valence-corrected chi connectivity index (χ0v) is 21.3. The third kappa shape index (κ3) is 5.97. The number of nitrogens with one attached hydrogen (secondary N) is 1. The largest absolute Gasteiger partial charge is 0.494 e. The molecule has 2 heterocycles. The molecule has 198 valence electrons. The van der Waals surface area contributed by atoms with Gasteiger partial charge in [0.2, 0.25) is 5.88 Å². The van der Waals surface area contributed by atoms with Gasteiger partial charge in [0.1, 0.15) is 11.3 Å². The number of carbonyl (C=O) groups excluding carboxylic acids is 1. The Morgan fingerprint density at radius 2 is 1.84 bits per heavy atom. The van der Waals surface area contributed by atoms with E-state index < -0.39 is 11.7 Å². The van der Waals surface area contributed by atoms with Gasteiger partial charge < -0.3 is 14.8 Å². The van der Waals surface area contributed by atoms with Crippen LogP contribution >= 0.6 is 0 Å². The summed E-state index contributed by atoms with van der Waals surface area (Å²) in [5, 5.41) is 3.68. The molecule has 1 N–H and O–H groups in total. The standard InChI is InChI=1S/C28H32F3N3O3/c1-4-5-23(34-27(35)19-10-11-25(37-3)33-16-19)18-8-6-17(7-9-18)21-12-13-32-26-22(21)14-20(28(29,30)31)15-24(26)36-2/h10-18,23H,4-9H2,1-3H3,(H,34,35). The minimum absolute atomic E-state index is 0.0201. The average Bonchev–Trinajstić information content (AvgIpc) is 2.91. The van der Waals surface area contributed by atoms with Crippen molar-refractivity contribution in [3.63, 3.8) is 0 Å². The van der Waals surface area contributed by atoms with Crippen LogP contribution in [0.5, 0.6) is 11.6 Å². The van der Waals surface area contributed by atoms with Crippen molar-refractivity contribution in [1.82, 2.24) is 15.3 Å². The second-order valence-electron chi connectivity index (χ2n) is 9.54. The molecule has 1 amide bonds. The Hall–Kier alpha value is -3.36. The number of rotatable bonds is 8. The van der Waals surface area contributed by atoms with Gasteiger partial charge in [-0.3, -0.25) is 9.78 Å². The molecule has 1 unspecified atom stereocenters. The van der Waals surface area contributed by atoms with E-state index in [1.807, 2.05) is 6.07 Å². The lowest BCUT2D eigenvalue weighted by atomic mass is 9.74. The number of fused-ring (bicyclic) bond motifs is 1. The molecule has 9 heteroatoms. The summed E-state index contributed by atoms with van der Waals surface area (Å²) in [6.07, 6.45) is 3.85. The van der Waals surface area contributed by atoms with Crippen molar-refractivity contribution in [3.8, 4) is 11.6 Å². The van der Waals surface area contributed by atoms with E-state index in [-0.39, 0.29) is 23.6 Å². The van der Waals surface area contributed by atoms with Crippen molar-refractivity contribution in [2.24, 2.45) is 5.92 Å². The van der Waals surface area contributed by atoms with E-state index in [4.69, 9.17) is 9.47 Å². The van der Waals surface area contributed by atoms with Crippen molar-refractivity contribution in [1.29, 1.82) is 0 Å². The Labute approximate surface area is 214 Å². The summed E-state index contributed by atoms with van der Waals surface area (Å²) < 4.78 is 51.0. The fourth-order valence-corrected chi connectivity index (χ4v) is 5.37. The highest BCUT2D eigenvalue weighted by molar-refractivity contribution is 5.94. The van der Waals surface area contributed by atoms with Crippen LogP contribution in [0.2, 0.25) is 0 Å². The molecule has 0 spiro atoms. The van der Waals surface area contributed by atoms with Gasteiger partial charge in [-0.25, -0.2) is 4.98 Å². The van der Waals surface area contributed by atoms with Crippen molar-refractivity contribution < 1.29 is 27.4 Å². The van der Waals surface area contributed by atoms with Crippen molar-refractivity contribution in [3.05, 3.63) is 59.4 Å². The number of carbonyl (C=O) groups is 1. The van der Waals surface area contributed by atoms with Gasteiger partial charge in [-0.2, -0.15) is 13.2 Å². The number of halogens is 3. The quantitative estimate of drug-likeness (QED) is 0.369. The highest BCUT2D eigenvalue weighted by Gasteiger charge is 2.34. The van der Waals surface area contributed by atoms with E-state index in [1.165, 1.54) is 26.5 Å². The molecule has 1 aliphatic rings. The second kappa shape index (κ2) is 11.4. The number of ether oxygens (including phenoxy) is 2. The molecular formula is C28H32F3N3O3. The summed E-state index contributed by atoms with van der Waals surface area (Å²) >= 11 is 0. The van der Waals surface area contributed by atoms with Gasteiger partial charge in [0.25, 0.3) is 5.91 Å². The molecule has 4 rings (SSSR count). The number of amides is 1. The van der Waals surface area contributed by atoms with Crippen molar-refractivity contribution in [2.45, 2.75) is 63.6 Å². The van der Waals surface area contributed by atoms with Crippen LogP contribution in [0.25, 0.3) is 10.9 Å². The Balaban J connectivity index is 1.51. The predicted octanol–water partition coefficient (Wildman–Crippen LogP) is 6.54. The minimum atomic E-state index is -4.47. The zero-order chi connectivity index (χ0) is 26.6. The van der Waals surface area contributed by atoms with Crippen LogP contribution in [0.1, 0.15) is 72.9 Å². The number of benzene rings is 1. The van der Waals surface area contributed by atoms with Crippen LogP contribution in [0.4, 0.5) is 13.2 Å². The van der Waals surface area contributed by atoms with Gasteiger partial charge in [-0.1, -0.05) is 13.3 Å². The fraction of sp³-hybridized carbons (Fsp3) is 0.464. The molecule has 1 saturated carbocycles. The third-order valence-corrected chi connectivity index (χ3v) is 7.30. The van der Waals surface area contributed by atoms with Crippen LogP contribution in [-0.4, -0.2) is 36.1 Å². The van der Waals surface area contributed by atoms with Crippen LogP contribution < -0.4 is 14.8 Å². The molecule has 1 fully saturated rings. The monoisotopic (exact) mass is 515 g/mol. The van der Waals surface area contributed by atoms with Crippen LogP contribution in [0, 0.1) is 5.92 Å². The van der Waals surface area contributed by atoms with E-state index >= 15 is 0 Å². The smallest absolute Gasteiger partial charge is 0.416 e. The Bertz CT molecular complexity index is 1220. The summed E-state index contributed by atoms with van der Waals surface area (Å²) in [6, 6.07) is 7.40. The minimum Gasteiger partial charge on any atom is -0.494 e. The van der Waals surface area contributed by atoms with Gasteiger partial charge in [-0.15, -0.1) is 0 Å². The van der Waals surface area contributed by atoms with E-state index in [2.05, 4.69) is 22.2 Å². The maximum absolute atomic E-state index is 13.6. The van der Waals surface area contributed by atoms with Crippen molar-refractivity contribution in [2.75, 3.05) is 14.2 Å². The molecule has 1 aliphatic carbocycles. The molecule has 0 saturated heterocycles. The van der Waals surface area contributed by atoms with E-state index in [0.29, 0.717) is 28.3 Å². The summed E-state index contributed by atoms with van der Waals surface area (Å²) in [6.45, 7) is 2.09. The molecular weight excluding hydrogens is 483 g/mol. The summed E-state index contributed by atoms with van der Waals surface area (Å²) in [5.41, 5.74) is 1.05. The third-order valence-electron chi connectivity index (χ3n) is 7.30. The molecule has 37 heavy (non-hydrogen) atoms. The first-order valence-electron chi connectivity index (χ1n) is 12.6. The van der Waals surface area contributed by atoms with Gasteiger partial charge in [0.15, 0.2) is 0 Å². The highest BCUT2D eigenvalue weighted by atomic mass is 19.4. The Morgan fingerprint density at radius 3 is 2.43 bits per heavy atom. The topological polar surface area (TPSA) is 73.3 Å². The Morgan fingerprint density at radius 1 is 1.08 bits per heavy atom. The zero-order valence-electron chi connectivity index (χ0n) is 21.3. The number of hydrogen-bond donors (Lipinski definition) is 1. The number of aromatic nitrogens is 2. The number of hydrogen-bond acceptors (Lipinski definition) is 5. The van der Waals surface area contributed by atoms with E-state index in [0.717, 1.165) is 50.2 Å². The van der Waals surface area contributed by atoms with Gasteiger partial charge in [0.05, 0.1) is 25.3 Å². The van der Waals surface area contributed by atoms with E-state index in [9.17, 15) is 18.0 Å². The number of nitrogens with zero attached hydrogens (tertiary/aromatic N) is 2. The molecule has 0 radical (unpaired) electrons. The molecule has 0 aliphatic heterocycles. The maximum Gasteiger partial charge on any atom is 0.416 e. The normalized spacial score (nSPS) is 18.9. The Kier molecular flexibility index (Phi) is 8.19. The van der Waals surface area contributed by atoms with Gasteiger partial charge in [-0.05, 0) is 73.8 Å². The number of alkyl halides is 3. The first kappa shape index (κ1) is 26.7. The number of methoxy groups -OCH3 is 2. The highest BCUT2D eigenvalue weighted by Crippen LogP contribution is 2.43. The second-order valence-corrected chi connectivity index (χ2v) is 9.54. The van der Waals surface area contributed by atoms with Crippen molar-refractivity contribution >= 4 is 16.8 Å². The molecule has 3 aromatic rings. The summed E-state index contributed by atoms with van der Waals surface area (Å²) in [5.74, 6) is 0.809.